The molecule has 0 aliphatic carbocycles. The molecular formula is C10H18N4O2. The molecule has 1 rings (SSSR count). The van der Waals surface area contributed by atoms with Crippen molar-refractivity contribution in [1.82, 2.24) is 9.97 Å². The molecule has 5 N–H and O–H groups in total. The number of nitrogens with one attached hydrogen (secondary N) is 2. The summed E-state index contributed by atoms with van der Waals surface area (Å²) >= 11 is 0. The molecule has 90 valence electrons. The third-order valence-electron chi connectivity index (χ3n) is 2.37. The number of nitrogens with two attached hydrogens (primary N) is 1. The lowest BCUT2D eigenvalue weighted by Gasteiger charge is -2.09. The van der Waals surface area contributed by atoms with E-state index in [1.807, 2.05) is 6.92 Å². The van der Waals surface area contributed by atoms with Crippen molar-refractivity contribution >= 4 is 11.5 Å². The van der Waals surface area contributed by atoms with Gasteiger partial charge in [0, 0.05) is 13.2 Å². The van der Waals surface area contributed by atoms with Crippen LogP contribution in [0.15, 0.2) is 11.1 Å². The minimum Gasteiger partial charge on any atom is -0.396 e. The van der Waals surface area contributed by atoms with Gasteiger partial charge < -0.3 is 21.1 Å². The van der Waals surface area contributed by atoms with Gasteiger partial charge in [-0.15, -0.1) is 0 Å². The largest absolute Gasteiger partial charge is 0.396 e. The van der Waals surface area contributed by atoms with E-state index in [1.165, 1.54) is 6.33 Å². The molecule has 0 saturated heterocycles. The Bertz CT molecular complexity index is 377. The zero-order valence-corrected chi connectivity index (χ0v) is 9.36. The van der Waals surface area contributed by atoms with Crippen molar-refractivity contribution in [3.05, 3.63) is 16.7 Å². The maximum Gasteiger partial charge on any atom is 0.276 e. The van der Waals surface area contributed by atoms with Gasteiger partial charge in [0.05, 0.1) is 6.33 Å². The smallest absolute Gasteiger partial charge is 0.276 e. The van der Waals surface area contributed by atoms with Gasteiger partial charge in [-0.05, 0) is 18.8 Å². The molecule has 0 radical (unpaired) electrons. The fourth-order valence-corrected chi connectivity index (χ4v) is 1.30. The van der Waals surface area contributed by atoms with Crippen molar-refractivity contribution in [3.63, 3.8) is 0 Å². The molecule has 0 aliphatic heterocycles. The zero-order valence-electron chi connectivity index (χ0n) is 9.36. The van der Waals surface area contributed by atoms with Crippen molar-refractivity contribution in [2.45, 2.75) is 19.8 Å². The van der Waals surface area contributed by atoms with E-state index in [0.29, 0.717) is 18.3 Å². The predicted octanol–water partition coefficient (Wildman–Crippen LogP) is 0.173. The van der Waals surface area contributed by atoms with Crippen LogP contribution in [0.1, 0.15) is 19.8 Å². The molecule has 0 aliphatic rings. The summed E-state index contributed by atoms with van der Waals surface area (Å²) in [6.45, 7) is 2.87. The number of aromatic nitrogens is 2. The van der Waals surface area contributed by atoms with Crippen LogP contribution in [0.2, 0.25) is 0 Å². The lowest BCUT2D eigenvalue weighted by molar-refractivity contribution is 0.229. The van der Waals surface area contributed by atoms with Gasteiger partial charge in [0.15, 0.2) is 5.82 Å². The van der Waals surface area contributed by atoms with Crippen molar-refractivity contribution in [1.29, 1.82) is 0 Å². The van der Waals surface area contributed by atoms with Crippen LogP contribution in [0.25, 0.3) is 0 Å². The summed E-state index contributed by atoms with van der Waals surface area (Å²) in [6, 6.07) is 0. The first-order chi connectivity index (χ1) is 7.65. The average molecular weight is 226 g/mol. The number of hydrogen-bond donors (Lipinski definition) is 4. The first-order valence-corrected chi connectivity index (χ1v) is 5.33. The van der Waals surface area contributed by atoms with Gasteiger partial charge in [0.1, 0.15) is 5.69 Å². The van der Waals surface area contributed by atoms with Gasteiger partial charge in [-0.3, -0.25) is 4.79 Å². The summed E-state index contributed by atoms with van der Waals surface area (Å²) in [5, 5.41) is 11.8. The molecule has 1 aromatic heterocycles. The van der Waals surface area contributed by atoms with Crippen LogP contribution >= 0.6 is 0 Å². The summed E-state index contributed by atoms with van der Waals surface area (Å²) in [5.74, 6) is 0.715. The molecule has 16 heavy (non-hydrogen) atoms. The number of aliphatic hydroxyl groups is 1. The third kappa shape index (κ3) is 3.54. The van der Waals surface area contributed by atoms with E-state index in [2.05, 4.69) is 15.3 Å². The number of aromatic amines is 1. The van der Waals surface area contributed by atoms with E-state index in [1.54, 1.807) is 0 Å². The van der Waals surface area contributed by atoms with Crippen LogP contribution in [-0.2, 0) is 0 Å². The Hall–Kier alpha value is -1.56. The first kappa shape index (κ1) is 12.5. The molecule has 0 aromatic carbocycles. The van der Waals surface area contributed by atoms with Crippen LogP contribution < -0.4 is 16.6 Å². The monoisotopic (exact) mass is 226 g/mol. The summed E-state index contributed by atoms with van der Waals surface area (Å²) in [4.78, 5) is 17.5. The molecule has 0 amide bonds. The van der Waals surface area contributed by atoms with Crippen molar-refractivity contribution in [2.75, 3.05) is 24.2 Å². The topological polar surface area (TPSA) is 104 Å². The van der Waals surface area contributed by atoms with Crippen LogP contribution in [0.5, 0.6) is 0 Å². The van der Waals surface area contributed by atoms with Crippen LogP contribution in [0.3, 0.4) is 0 Å². The van der Waals surface area contributed by atoms with Crippen molar-refractivity contribution in [2.24, 2.45) is 5.92 Å². The maximum atomic E-state index is 11.1. The number of H-pyrrole nitrogens is 1. The fourth-order valence-electron chi connectivity index (χ4n) is 1.30. The molecular weight excluding hydrogens is 208 g/mol. The average Bonchev–Trinajstić information content (AvgIpc) is 2.29. The Balaban J connectivity index is 2.38. The first-order valence-electron chi connectivity index (χ1n) is 5.33. The Morgan fingerprint density at radius 3 is 3.12 bits per heavy atom. The Labute approximate surface area is 93.9 Å². The standard InChI is InChI=1S/C10H18N4O2/c1-7(5-15)3-2-4-12-9-8(11)10(16)14-6-13-9/h6-7,15H,2-5,11H2,1H3,(H2,12,13,14,16). The molecule has 0 saturated carbocycles. The van der Waals surface area contributed by atoms with Crippen molar-refractivity contribution < 1.29 is 5.11 Å². The molecule has 1 aromatic rings. The van der Waals surface area contributed by atoms with Crippen LogP contribution in [-0.4, -0.2) is 28.2 Å². The second-order valence-corrected chi connectivity index (χ2v) is 3.85. The summed E-state index contributed by atoms with van der Waals surface area (Å²) in [7, 11) is 0. The molecule has 1 unspecified atom stereocenters. The van der Waals surface area contributed by atoms with E-state index in [4.69, 9.17) is 10.8 Å². The second kappa shape index (κ2) is 6.12. The molecule has 1 atom stereocenters. The predicted molar refractivity (Wildman–Crippen MR) is 63.2 cm³/mol. The number of rotatable bonds is 6. The van der Waals surface area contributed by atoms with E-state index in [-0.39, 0.29) is 17.9 Å². The Kier molecular flexibility index (Phi) is 4.78. The van der Waals surface area contributed by atoms with Gasteiger partial charge >= 0.3 is 0 Å². The molecule has 6 nitrogen and oxygen atoms in total. The van der Waals surface area contributed by atoms with Crippen LogP contribution in [0.4, 0.5) is 11.5 Å². The molecule has 0 spiro atoms. The molecule has 0 bridgehead atoms. The van der Waals surface area contributed by atoms with Gasteiger partial charge in [0.25, 0.3) is 5.56 Å². The summed E-state index contributed by atoms with van der Waals surface area (Å²) < 4.78 is 0. The van der Waals surface area contributed by atoms with Gasteiger partial charge in [-0.1, -0.05) is 6.92 Å². The fraction of sp³-hybridized carbons (Fsp3) is 0.600. The SMILES string of the molecule is CC(CO)CCCNc1nc[nH]c(=O)c1N. The van der Waals surface area contributed by atoms with E-state index in [9.17, 15) is 4.79 Å². The normalized spacial score (nSPS) is 12.4. The van der Waals surface area contributed by atoms with E-state index in [0.717, 1.165) is 12.8 Å². The highest BCUT2D eigenvalue weighted by Crippen LogP contribution is 2.09. The Morgan fingerprint density at radius 1 is 1.69 bits per heavy atom. The molecule has 1 heterocycles. The lowest BCUT2D eigenvalue weighted by Crippen LogP contribution is -2.17. The van der Waals surface area contributed by atoms with Gasteiger partial charge in [-0.2, -0.15) is 0 Å². The number of hydrogen-bond acceptors (Lipinski definition) is 5. The van der Waals surface area contributed by atoms with Crippen molar-refractivity contribution in [3.8, 4) is 0 Å². The maximum absolute atomic E-state index is 11.1. The lowest BCUT2D eigenvalue weighted by atomic mass is 10.1. The van der Waals surface area contributed by atoms with E-state index < -0.39 is 0 Å². The number of nitrogens with zero attached hydrogens (tertiary/aromatic N) is 1. The summed E-state index contributed by atoms with van der Waals surface area (Å²) in [6.07, 6.45) is 3.14. The second-order valence-electron chi connectivity index (χ2n) is 3.85. The minimum absolute atomic E-state index is 0.109. The number of aliphatic hydroxyl groups excluding tert-OH is 1. The minimum atomic E-state index is -0.332. The highest BCUT2D eigenvalue weighted by atomic mass is 16.3. The number of nitrogen functional groups attached to an aromatic ring is 1. The highest BCUT2D eigenvalue weighted by molar-refractivity contribution is 5.58. The Morgan fingerprint density at radius 2 is 2.44 bits per heavy atom. The van der Waals surface area contributed by atoms with E-state index >= 15 is 0 Å². The highest BCUT2D eigenvalue weighted by Gasteiger charge is 2.04. The third-order valence-corrected chi connectivity index (χ3v) is 2.37. The molecule has 0 fully saturated rings. The van der Waals surface area contributed by atoms with Gasteiger partial charge in [-0.25, -0.2) is 4.98 Å². The van der Waals surface area contributed by atoms with Crippen LogP contribution in [0, 0.1) is 5.92 Å². The zero-order chi connectivity index (χ0) is 12.0. The quantitative estimate of drug-likeness (QED) is 0.518. The summed E-state index contributed by atoms with van der Waals surface area (Å²) in [5.41, 5.74) is 5.32. The van der Waals surface area contributed by atoms with Gasteiger partial charge in [0.2, 0.25) is 0 Å². The molecule has 6 heteroatoms. The number of anilines is 2.